The molecule has 0 spiro atoms. The Hall–Kier alpha value is -4.93. The maximum Gasteiger partial charge on any atom is 0.347 e. The highest BCUT2D eigenvalue weighted by molar-refractivity contribution is 7.63. The maximum atomic E-state index is 13.4. The summed E-state index contributed by atoms with van der Waals surface area (Å²) in [5, 5.41) is 18.8. The van der Waals surface area contributed by atoms with Crippen molar-refractivity contribution in [3.8, 4) is 23.6 Å². The van der Waals surface area contributed by atoms with Crippen LogP contribution in [0.1, 0.15) is 63.5 Å². The Kier molecular flexibility index (Phi) is 16.0. The Balaban J connectivity index is 1.70. The molecule has 1 aromatic heterocycles. The molecule has 4 aromatic rings. The molecule has 0 saturated carbocycles. The number of nitrogens with one attached hydrogen (secondary N) is 1. The number of hydrogen-bond acceptors (Lipinski definition) is 13. The van der Waals surface area contributed by atoms with Crippen LogP contribution in [0.5, 0.6) is 11.5 Å². The van der Waals surface area contributed by atoms with Gasteiger partial charge in [-0.15, -0.1) is 4.67 Å². The van der Waals surface area contributed by atoms with E-state index in [1.165, 1.54) is 16.8 Å². The van der Waals surface area contributed by atoms with Gasteiger partial charge in [-0.2, -0.15) is 15.0 Å². The molecule has 2 heterocycles. The van der Waals surface area contributed by atoms with Crippen LogP contribution in [0, 0.1) is 22.7 Å². The van der Waals surface area contributed by atoms with E-state index in [2.05, 4.69) is 11.1 Å². The molecule has 16 heteroatoms. The van der Waals surface area contributed by atoms with Crippen LogP contribution in [0.15, 0.2) is 101 Å². The van der Waals surface area contributed by atoms with Crippen molar-refractivity contribution in [3.05, 3.63) is 129 Å². The standard InChI is InChI=1S/C43H52N5O10P/c1-30(2)48(31(3)4)59(51,27-11-24-45)58-39-37(57-41(40(39)55-29-54-26-10-23-44)47-25-22-38(49)46-42(47)50)28-56-43(32-12-8-7-9-13-32,33-14-18-35(52-5)19-15-33)34-16-20-36(53-6)21-17-34/h7-9,12-22,25,30-31,37,39-41,51H,10-11,26-29H2,1-6H3/p+1/t37-,39-,40-,41-,59?/m1/s1. The van der Waals surface area contributed by atoms with Gasteiger partial charge >= 0.3 is 13.6 Å². The fourth-order valence-electron chi connectivity index (χ4n) is 7.51. The number of methoxy groups -OCH3 is 2. The molecule has 1 unspecified atom stereocenters. The third kappa shape index (κ3) is 10.5. The third-order valence-corrected chi connectivity index (χ3v) is 13.0. The fourth-order valence-corrected chi connectivity index (χ4v) is 10.4. The molecule has 2 N–H and O–H groups in total. The van der Waals surface area contributed by atoms with Crippen LogP contribution < -0.4 is 20.7 Å². The minimum atomic E-state index is -3.64. The Morgan fingerprint density at radius 2 is 1.42 bits per heavy atom. The molecule has 1 saturated heterocycles. The molecule has 1 fully saturated rings. The van der Waals surface area contributed by atoms with Crippen molar-refractivity contribution in [1.29, 1.82) is 10.5 Å². The van der Waals surface area contributed by atoms with E-state index in [0.29, 0.717) is 11.5 Å². The van der Waals surface area contributed by atoms with Crippen molar-refractivity contribution in [2.24, 2.45) is 0 Å². The highest BCUT2D eigenvalue weighted by atomic mass is 31.2. The lowest BCUT2D eigenvalue weighted by Gasteiger charge is -2.39. The first kappa shape index (κ1) is 45.2. The second-order valence-electron chi connectivity index (χ2n) is 14.4. The molecular weight excluding hydrogens is 777 g/mol. The smallest absolute Gasteiger partial charge is 0.347 e. The van der Waals surface area contributed by atoms with Crippen molar-refractivity contribution in [3.63, 3.8) is 0 Å². The van der Waals surface area contributed by atoms with Gasteiger partial charge in [0.25, 0.3) is 5.56 Å². The number of benzene rings is 3. The van der Waals surface area contributed by atoms with Crippen molar-refractivity contribution in [1.82, 2.24) is 14.2 Å². The van der Waals surface area contributed by atoms with E-state index >= 15 is 0 Å². The highest BCUT2D eigenvalue weighted by Crippen LogP contribution is 2.64. The molecule has 1 aliphatic heterocycles. The van der Waals surface area contributed by atoms with Crippen LogP contribution in [0.2, 0.25) is 0 Å². The normalized spacial score (nSPS) is 19.1. The van der Waals surface area contributed by atoms with Gasteiger partial charge in [-0.05, 0) is 68.7 Å². The van der Waals surface area contributed by atoms with Gasteiger partial charge in [0, 0.05) is 24.3 Å². The van der Waals surface area contributed by atoms with Crippen molar-refractivity contribution in [2.75, 3.05) is 40.4 Å². The third-order valence-electron chi connectivity index (χ3n) is 9.97. The summed E-state index contributed by atoms with van der Waals surface area (Å²) in [5.41, 5.74) is -0.380. The fraction of sp³-hybridized carbons (Fsp3) is 0.442. The molecule has 1 aliphatic rings. The van der Waals surface area contributed by atoms with Crippen LogP contribution in [0.4, 0.5) is 0 Å². The van der Waals surface area contributed by atoms with Gasteiger partial charge in [-0.3, -0.25) is 14.3 Å². The summed E-state index contributed by atoms with van der Waals surface area (Å²) in [7, 11) is -0.455. The second-order valence-corrected chi connectivity index (χ2v) is 16.8. The van der Waals surface area contributed by atoms with Gasteiger partial charge in [0.15, 0.2) is 12.3 Å². The zero-order chi connectivity index (χ0) is 42.6. The minimum absolute atomic E-state index is 0.00421. The lowest BCUT2D eigenvalue weighted by molar-refractivity contribution is -0.138. The van der Waals surface area contributed by atoms with E-state index in [0.717, 1.165) is 16.7 Å². The average molecular weight is 831 g/mol. The summed E-state index contributed by atoms with van der Waals surface area (Å²) in [6, 6.07) is 29.7. The molecule has 0 amide bonds. The molecule has 0 radical (unpaired) electrons. The summed E-state index contributed by atoms with van der Waals surface area (Å²) in [6.45, 7) is 7.30. The zero-order valence-corrected chi connectivity index (χ0v) is 35.1. The molecule has 59 heavy (non-hydrogen) atoms. The first-order chi connectivity index (χ1) is 28.4. The van der Waals surface area contributed by atoms with Gasteiger partial charge in [0.2, 0.25) is 0 Å². The van der Waals surface area contributed by atoms with Crippen molar-refractivity contribution in [2.45, 2.75) is 82.8 Å². The second kappa shape index (κ2) is 20.9. The average Bonchev–Trinajstić information content (AvgIpc) is 3.56. The zero-order valence-electron chi connectivity index (χ0n) is 34.2. The molecular formula is C43H53N5O10P+. The predicted molar refractivity (Wildman–Crippen MR) is 221 cm³/mol. The summed E-state index contributed by atoms with van der Waals surface area (Å²) in [5.74, 6) is 1.29. The Bertz CT molecular complexity index is 2080. The number of nitriles is 2. The van der Waals surface area contributed by atoms with Crippen LogP contribution >= 0.6 is 7.87 Å². The number of aromatic nitrogens is 2. The molecule has 15 nitrogen and oxygen atoms in total. The summed E-state index contributed by atoms with van der Waals surface area (Å²) in [6.07, 6.45) is -3.14. The van der Waals surface area contributed by atoms with E-state index in [-0.39, 0.29) is 51.1 Å². The lowest BCUT2D eigenvalue weighted by Crippen LogP contribution is -2.46. The number of hydrogen-bond donors (Lipinski definition) is 2. The molecule has 5 atom stereocenters. The molecule has 314 valence electrons. The molecule has 0 bridgehead atoms. The Labute approximate surface area is 345 Å². The van der Waals surface area contributed by atoms with Crippen molar-refractivity contribution < 1.29 is 37.8 Å². The Morgan fingerprint density at radius 1 is 0.847 bits per heavy atom. The van der Waals surface area contributed by atoms with Crippen LogP contribution in [0.3, 0.4) is 0 Å². The van der Waals surface area contributed by atoms with Gasteiger partial charge < -0.3 is 28.4 Å². The molecule has 5 rings (SSSR count). The molecule has 3 aromatic carbocycles. The van der Waals surface area contributed by atoms with Gasteiger partial charge in [0.05, 0.1) is 52.4 Å². The van der Waals surface area contributed by atoms with Crippen LogP contribution in [-0.2, 0) is 29.1 Å². The summed E-state index contributed by atoms with van der Waals surface area (Å²) in [4.78, 5) is 40.6. The molecule has 0 aliphatic carbocycles. The van der Waals surface area contributed by atoms with Gasteiger partial charge in [0.1, 0.15) is 42.3 Å². The van der Waals surface area contributed by atoms with Crippen LogP contribution in [-0.4, -0.2) is 89.9 Å². The van der Waals surface area contributed by atoms with Gasteiger partial charge in [-0.1, -0.05) is 54.6 Å². The van der Waals surface area contributed by atoms with E-state index in [9.17, 15) is 19.7 Å². The number of nitrogens with zero attached hydrogens (tertiary/aromatic N) is 4. The highest BCUT2D eigenvalue weighted by Gasteiger charge is 2.58. The van der Waals surface area contributed by atoms with E-state index < -0.39 is 49.3 Å². The first-order valence-electron chi connectivity index (χ1n) is 19.4. The van der Waals surface area contributed by atoms with Gasteiger partial charge in [-0.25, -0.2) is 9.69 Å². The summed E-state index contributed by atoms with van der Waals surface area (Å²) < 4.78 is 47.0. The van der Waals surface area contributed by atoms with Crippen molar-refractivity contribution >= 4 is 7.87 Å². The number of rotatable bonds is 21. The number of aromatic amines is 1. The lowest BCUT2D eigenvalue weighted by atomic mass is 9.80. The Morgan fingerprint density at radius 3 is 1.95 bits per heavy atom. The first-order valence-corrected chi connectivity index (χ1v) is 21.2. The van der Waals surface area contributed by atoms with E-state index in [1.54, 1.807) is 14.2 Å². The monoisotopic (exact) mass is 830 g/mol. The quantitative estimate of drug-likeness (QED) is 0.0437. The predicted octanol–water partition coefficient (Wildman–Crippen LogP) is 5.91. The largest absolute Gasteiger partial charge is 0.497 e. The van der Waals surface area contributed by atoms with E-state index in [1.807, 2.05) is 117 Å². The minimum Gasteiger partial charge on any atom is -0.497 e. The maximum absolute atomic E-state index is 13.4. The SMILES string of the molecule is COc1ccc(C(OC[C@H]2O[C@@H](n3ccc(=O)[nH]c3=O)[C@H](OCOCCC#N)[C@@H]2O[P+](O)(CCC#N)N(C(C)C)C(C)C)(c2ccccc2)c2ccc(OC)cc2)cc1. The summed E-state index contributed by atoms with van der Waals surface area (Å²) >= 11 is 0. The topological polar surface area (TPSA) is 191 Å². The van der Waals surface area contributed by atoms with Crippen LogP contribution in [0.25, 0.3) is 0 Å². The number of H-pyrrole nitrogens is 1. The van der Waals surface area contributed by atoms with E-state index in [4.69, 9.17) is 38.2 Å². The number of ether oxygens (including phenoxy) is 6.